The quantitative estimate of drug-likeness (QED) is 0.0540. The van der Waals surface area contributed by atoms with E-state index in [9.17, 15) is 58.2 Å². The number of H-pyrrole nitrogens is 1. The van der Waals surface area contributed by atoms with Gasteiger partial charge in [0.25, 0.3) is 5.91 Å². The molecule has 6 N–H and O–H groups in total. The van der Waals surface area contributed by atoms with E-state index in [0.717, 1.165) is 33.0 Å². The number of ether oxygens (including phenoxy) is 1. The SMILES string of the molecule is CCN1CCN(C(=O)N[C@@H](C(=O)N[C@@H]2C(=O)N3C(C(=O)[O-])=C(CSc4n[nH]c(=O)c(=O)n4C)CS[C@@H]23)c2ccc(NC(=O)OC[C@@H](N)C(=O)[O-])cc2)C(=O)C1=O.[Na+].[Na+]. The molecule has 3 aliphatic heterocycles. The number of carboxylic acids is 2. The van der Waals surface area contributed by atoms with Gasteiger partial charge in [-0.3, -0.25) is 48.5 Å². The fourth-order valence-electron chi connectivity index (χ4n) is 5.58. The molecule has 2 fully saturated rings. The number of carboxylic acid groups (broad SMARTS) is 2. The van der Waals surface area contributed by atoms with Gasteiger partial charge < -0.3 is 45.8 Å². The van der Waals surface area contributed by atoms with Crippen molar-refractivity contribution in [2.45, 2.75) is 35.6 Å². The van der Waals surface area contributed by atoms with Gasteiger partial charge in [0.15, 0.2) is 5.16 Å². The average Bonchev–Trinajstić information content (AvgIpc) is 3.17. The number of aromatic nitrogens is 3. The third-order valence-corrected chi connectivity index (χ3v) is 11.1. The van der Waals surface area contributed by atoms with Crippen LogP contribution in [-0.4, -0.2) is 132 Å². The molecule has 7 amide bonds. The Morgan fingerprint density at radius 1 is 1.05 bits per heavy atom. The van der Waals surface area contributed by atoms with Crippen LogP contribution in [0.1, 0.15) is 18.5 Å². The van der Waals surface area contributed by atoms with E-state index >= 15 is 0 Å². The summed E-state index contributed by atoms with van der Waals surface area (Å²) in [7, 11) is 1.31. The zero-order valence-corrected chi connectivity index (χ0v) is 36.9. The number of rotatable bonds is 13. The summed E-state index contributed by atoms with van der Waals surface area (Å²) >= 11 is 2.03. The van der Waals surface area contributed by atoms with Crippen molar-refractivity contribution in [3.63, 3.8) is 0 Å². The van der Waals surface area contributed by atoms with E-state index in [0.29, 0.717) is 4.90 Å². The molecule has 58 heavy (non-hydrogen) atoms. The summed E-state index contributed by atoms with van der Waals surface area (Å²) in [5.41, 5.74) is 3.39. The number of carbonyl (C=O) groups excluding carboxylic acids is 8. The number of nitrogens with zero attached hydrogens (tertiary/aromatic N) is 5. The number of likely N-dealkylation sites (N-methyl/N-ethyl adjacent to an activating group) is 1. The Morgan fingerprint density at radius 2 is 1.72 bits per heavy atom. The molecular formula is C31H32N10Na2O13S2. The normalized spacial score (nSPS) is 18.4. The summed E-state index contributed by atoms with van der Waals surface area (Å²) in [5.74, 6) is -7.20. The van der Waals surface area contributed by atoms with Crippen LogP contribution >= 0.6 is 23.5 Å². The van der Waals surface area contributed by atoms with Gasteiger partial charge in [-0.2, -0.15) is 0 Å². The van der Waals surface area contributed by atoms with Crippen molar-refractivity contribution in [3.8, 4) is 0 Å². The van der Waals surface area contributed by atoms with Gasteiger partial charge in [-0.05, 0) is 30.2 Å². The fourth-order valence-corrected chi connectivity index (χ4v) is 7.98. The number of anilines is 1. The molecular weight excluding hydrogens is 831 g/mol. The number of fused-ring (bicyclic) bond motifs is 1. The number of hydrogen-bond acceptors (Lipinski definition) is 17. The predicted molar refractivity (Wildman–Crippen MR) is 188 cm³/mol. The van der Waals surface area contributed by atoms with Crippen LogP contribution in [0.5, 0.6) is 0 Å². The second-order valence-electron chi connectivity index (χ2n) is 12.1. The van der Waals surface area contributed by atoms with E-state index < -0.39 is 94.6 Å². The van der Waals surface area contributed by atoms with Crippen molar-refractivity contribution in [1.29, 1.82) is 0 Å². The summed E-state index contributed by atoms with van der Waals surface area (Å²) in [6.07, 6.45) is -1.07. The van der Waals surface area contributed by atoms with Gasteiger partial charge in [-0.1, -0.05) is 23.9 Å². The van der Waals surface area contributed by atoms with Crippen molar-refractivity contribution in [1.82, 2.24) is 40.1 Å². The minimum absolute atomic E-state index is 0. The van der Waals surface area contributed by atoms with Crippen molar-refractivity contribution in [3.05, 3.63) is 61.8 Å². The third-order valence-electron chi connectivity index (χ3n) is 8.61. The molecule has 0 spiro atoms. The van der Waals surface area contributed by atoms with Crippen LogP contribution in [-0.2, 0) is 40.6 Å². The van der Waals surface area contributed by atoms with Gasteiger partial charge in [-0.15, -0.1) is 16.9 Å². The number of thioether (sulfide) groups is 2. The molecule has 0 saturated carbocycles. The zero-order valence-electron chi connectivity index (χ0n) is 31.3. The van der Waals surface area contributed by atoms with E-state index in [1.54, 1.807) is 6.92 Å². The molecule has 5 rings (SSSR count). The predicted octanol–water partition coefficient (Wildman–Crippen LogP) is -11.3. The molecule has 298 valence electrons. The molecule has 0 bridgehead atoms. The van der Waals surface area contributed by atoms with Gasteiger partial charge in [-0.25, -0.2) is 14.7 Å². The molecule has 0 unspecified atom stereocenters. The summed E-state index contributed by atoms with van der Waals surface area (Å²) in [6, 6.07) is -0.417. The molecule has 3 aliphatic rings. The van der Waals surface area contributed by atoms with Crippen molar-refractivity contribution in [2.24, 2.45) is 12.8 Å². The number of hydrogen-bond donors (Lipinski definition) is 5. The van der Waals surface area contributed by atoms with E-state index in [1.165, 1.54) is 36.2 Å². The fraction of sp³-hybridized carbons (Fsp3) is 0.387. The summed E-state index contributed by atoms with van der Waals surface area (Å²) in [5, 5.41) is 35.3. The van der Waals surface area contributed by atoms with E-state index in [2.05, 4.69) is 21.0 Å². The number of nitrogens with one attached hydrogen (secondary N) is 4. The summed E-state index contributed by atoms with van der Waals surface area (Å²) < 4.78 is 5.72. The summed E-state index contributed by atoms with van der Waals surface area (Å²) in [6.45, 7) is 1.03. The standard InChI is InChI=1S/C31H34N10O13S2.2Na/c1-3-39-8-9-40(25(47)24(39)46)29(52)35-17(13-4-6-15(7-5-13)33-31(53)54-10-16(32)27(48)49)20(42)34-18-22(44)41-19(28(50)51)14(11-55-26(18)41)12-56-30-37-36-21(43)23(45)38(30)2;;/h4-7,16-18,26H,3,8-12,32H2,1-2H3,(H,33,53)(H,34,42)(H,35,52)(H,36,43)(H,48,49)(H,50,51);;/q;2*+1/p-2/t16-,17-,18-,26+;;/m1../s1. The van der Waals surface area contributed by atoms with E-state index in [4.69, 9.17) is 10.5 Å². The van der Waals surface area contributed by atoms with Crippen LogP contribution in [0.25, 0.3) is 0 Å². The van der Waals surface area contributed by atoms with Crippen LogP contribution in [0.15, 0.2) is 50.3 Å². The van der Waals surface area contributed by atoms with Gasteiger partial charge in [0.05, 0.1) is 23.7 Å². The maximum Gasteiger partial charge on any atom is 1.00 e. The van der Waals surface area contributed by atoms with Crippen LogP contribution in [0.4, 0.5) is 15.3 Å². The first-order valence-corrected chi connectivity index (χ1v) is 18.5. The second kappa shape index (κ2) is 20.7. The first-order valence-electron chi connectivity index (χ1n) is 16.4. The zero-order chi connectivity index (χ0) is 41.0. The molecule has 1 aromatic heterocycles. The van der Waals surface area contributed by atoms with Gasteiger partial charge in [0.2, 0.25) is 5.91 Å². The van der Waals surface area contributed by atoms with Crippen molar-refractivity contribution < 1.29 is 112 Å². The van der Waals surface area contributed by atoms with Gasteiger partial charge in [0, 0.05) is 43.9 Å². The number of urea groups is 1. The first kappa shape index (κ1) is 48.2. The first-order chi connectivity index (χ1) is 26.5. The Bertz CT molecular complexity index is 2150. The topological polar surface area (TPSA) is 331 Å². The number of piperazine rings is 1. The Balaban J connectivity index is 0.00000450. The molecule has 23 nitrogen and oxygen atoms in total. The van der Waals surface area contributed by atoms with Crippen LogP contribution in [0.2, 0.25) is 0 Å². The minimum atomic E-state index is -1.68. The number of aromatic amines is 1. The van der Waals surface area contributed by atoms with E-state index in [1.807, 2.05) is 5.10 Å². The molecule has 0 aliphatic carbocycles. The number of aliphatic carboxylic acids is 2. The number of imide groups is 1. The average molecular weight is 863 g/mol. The number of benzene rings is 1. The minimum Gasteiger partial charge on any atom is -0.548 e. The molecule has 27 heteroatoms. The maximum atomic E-state index is 13.9. The molecule has 0 radical (unpaired) electrons. The molecule has 2 saturated heterocycles. The Labute approximate surface area is 379 Å². The molecule has 1 aromatic carbocycles. The second-order valence-corrected chi connectivity index (χ2v) is 14.2. The third kappa shape index (κ3) is 10.5. The Hall–Kier alpha value is -4.21. The van der Waals surface area contributed by atoms with Crippen molar-refractivity contribution in [2.75, 3.05) is 43.1 Å². The number of carbonyl (C=O) groups is 8. The maximum absolute atomic E-state index is 13.9. The van der Waals surface area contributed by atoms with Crippen molar-refractivity contribution >= 4 is 76.9 Å². The Morgan fingerprint density at radius 3 is 2.34 bits per heavy atom. The Kier molecular flexibility index (Phi) is 17.2. The number of β-lactam (4-membered cyclic amide) rings is 1. The largest absolute Gasteiger partial charge is 1.00 e. The van der Waals surface area contributed by atoms with Gasteiger partial charge in [0.1, 0.15) is 24.1 Å². The van der Waals surface area contributed by atoms with Crippen LogP contribution in [0.3, 0.4) is 0 Å². The monoisotopic (exact) mass is 862 g/mol. The molecule has 4 heterocycles. The van der Waals surface area contributed by atoms with Crippen LogP contribution in [0, 0.1) is 0 Å². The number of amides is 7. The van der Waals surface area contributed by atoms with E-state index in [-0.39, 0.29) is 112 Å². The van der Waals surface area contributed by atoms with Gasteiger partial charge >= 0.3 is 94.2 Å². The number of nitrogens with two attached hydrogens (primary N) is 1. The smallest absolute Gasteiger partial charge is 0.548 e. The van der Waals surface area contributed by atoms with Crippen LogP contribution < -0.4 is 102 Å². The molecule has 2 aromatic rings. The summed E-state index contributed by atoms with van der Waals surface area (Å²) in [4.78, 5) is 127. The molecule has 4 atom stereocenters.